The number of aliphatic hydroxyl groups excluding tert-OH is 1. The summed E-state index contributed by atoms with van der Waals surface area (Å²) in [4.78, 5) is 18.7. The van der Waals surface area contributed by atoms with Gasteiger partial charge in [0.25, 0.3) is 0 Å². The number of carboxylic acids is 1. The molecule has 1 fully saturated rings. The van der Waals surface area contributed by atoms with Gasteiger partial charge < -0.3 is 14.9 Å². The van der Waals surface area contributed by atoms with Gasteiger partial charge in [0.1, 0.15) is 5.75 Å². The smallest absolute Gasteiger partial charge is 0.303 e. The minimum absolute atomic E-state index is 0.0471. The zero-order valence-corrected chi connectivity index (χ0v) is 21.5. The number of piperidine rings is 1. The molecule has 2 aromatic heterocycles. The maximum Gasteiger partial charge on any atom is 0.303 e. The van der Waals surface area contributed by atoms with E-state index in [4.69, 9.17) is 16.3 Å². The van der Waals surface area contributed by atoms with Gasteiger partial charge in [0.05, 0.1) is 35.2 Å². The summed E-state index contributed by atoms with van der Waals surface area (Å²) in [6.45, 7) is 1.92. The van der Waals surface area contributed by atoms with E-state index in [0.29, 0.717) is 47.1 Å². The number of carboxylic acid groups (broad SMARTS) is 1. The molecule has 0 amide bonds. The number of halogens is 2. The molecule has 3 atom stereocenters. The number of aromatic nitrogens is 1. The van der Waals surface area contributed by atoms with Gasteiger partial charge in [-0.15, -0.1) is 0 Å². The van der Waals surface area contributed by atoms with Gasteiger partial charge in [-0.2, -0.15) is 4.39 Å². The average molecular weight is 531 g/mol. The normalized spacial score (nSPS) is 19.0. The van der Waals surface area contributed by atoms with Crippen LogP contribution in [0, 0.1) is 28.8 Å². The Hall–Kier alpha value is -2.70. The van der Waals surface area contributed by atoms with Crippen molar-refractivity contribution in [2.45, 2.75) is 31.8 Å². The predicted octanol–water partition coefficient (Wildman–Crippen LogP) is 5.38. The fraction of sp³-hybridized carbons (Fsp3) is 0.407. The molecule has 4 rings (SSSR count). The highest BCUT2D eigenvalue weighted by Crippen LogP contribution is 2.37. The largest absolute Gasteiger partial charge is 0.497 e. The van der Waals surface area contributed by atoms with E-state index in [0.717, 1.165) is 35.2 Å². The fourth-order valence-corrected chi connectivity index (χ4v) is 5.79. The van der Waals surface area contributed by atoms with Gasteiger partial charge in [0.15, 0.2) is 5.13 Å². The van der Waals surface area contributed by atoms with E-state index in [1.165, 1.54) is 6.07 Å². The number of carbonyl (C=O) groups is 1. The van der Waals surface area contributed by atoms with Crippen molar-refractivity contribution >= 4 is 39.8 Å². The van der Waals surface area contributed by atoms with Crippen molar-refractivity contribution in [3.05, 3.63) is 57.1 Å². The molecule has 6 nitrogen and oxygen atoms in total. The third kappa shape index (κ3) is 6.54. The maximum atomic E-state index is 13.1. The van der Waals surface area contributed by atoms with Crippen molar-refractivity contribution in [1.82, 2.24) is 9.88 Å². The molecule has 0 spiro atoms. The van der Waals surface area contributed by atoms with E-state index < -0.39 is 12.1 Å². The summed E-state index contributed by atoms with van der Waals surface area (Å²) in [6.07, 6.45) is 2.76. The highest BCUT2D eigenvalue weighted by Gasteiger charge is 2.31. The van der Waals surface area contributed by atoms with Crippen molar-refractivity contribution in [2.75, 3.05) is 26.7 Å². The van der Waals surface area contributed by atoms with E-state index in [2.05, 4.69) is 21.7 Å². The Bertz CT molecular complexity index is 1290. The van der Waals surface area contributed by atoms with E-state index in [9.17, 15) is 19.4 Å². The molecule has 36 heavy (non-hydrogen) atoms. The zero-order chi connectivity index (χ0) is 25.7. The summed E-state index contributed by atoms with van der Waals surface area (Å²) in [5.74, 6) is 5.99. The number of aliphatic carboxylic acids is 1. The Labute approximate surface area is 218 Å². The topological polar surface area (TPSA) is 82.9 Å². The summed E-state index contributed by atoms with van der Waals surface area (Å²) >= 11 is 7.46. The SMILES string of the molecule is COc1ccc2ncc(Cl)c([C@H](O)CCC3CCN(CC#Cc4ccc(F)s4)CC3CC(=O)O)c2c1. The van der Waals surface area contributed by atoms with E-state index in [-0.39, 0.29) is 23.4 Å². The molecule has 190 valence electrons. The molecular formula is C27H28ClFN2O4S. The molecule has 2 N–H and O–H groups in total. The summed E-state index contributed by atoms with van der Waals surface area (Å²) in [6, 6.07) is 8.52. The minimum atomic E-state index is -0.831. The van der Waals surface area contributed by atoms with Crippen LogP contribution in [0.1, 0.15) is 42.2 Å². The van der Waals surface area contributed by atoms with Crippen LogP contribution in [0.25, 0.3) is 10.9 Å². The number of methoxy groups -OCH3 is 1. The van der Waals surface area contributed by atoms with Crippen LogP contribution in [0.4, 0.5) is 4.39 Å². The van der Waals surface area contributed by atoms with Crippen molar-refractivity contribution in [2.24, 2.45) is 11.8 Å². The molecule has 1 saturated heterocycles. The van der Waals surface area contributed by atoms with Crippen LogP contribution >= 0.6 is 22.9 Å². The lowest BCUT2D eigenvalue weighted by Crippen LogP contribution is -2.41. The van der Waals surface area contributed by atoms with Crippen LogP contribution in [0.15, 0.2) is 36.5 Å². The fourth-order valence-electron chi connectivity index (χ4n) is 4.90. The number of rotatable bonds is 8. The van der Waals surface area contributed by atoms with Crippen molar-refractivity contribution < 1.29 is 24.1 Å². The molecule has 0 radical (unpaired) electrons. The van der Waals surface area contributed by atoms with Crippen LogP contribution in [0.2, 0.25) is 5.02 Å². The van der Waals surface area contributed by atoms with E-state index >= 15 is 0 Å². The lowest BCUT2D eigenvalue weighted by molar-refractivity contribution is -0.139. The molecular weight excluding hydrogens is 503 g/mol. The monoisotopic (exact) mass is 530 g/mol. The van der Waals surface area contributed by atoms with E-state index in [1.807, 2.05) is 18.2 Å². The summed E-state index contributed by atoms with van der Waals surface area (Å²) in [7, 11) is 1.58. The van der Waals surface area contributed by atoms with Gasteiger partial charge in [0.2, 0.25) is 0 Å². The number of fused-ring (bicyclic) bond motifs is 1. The number of hydrogen-bond acceptors (Lipinski definition) is 6. The Kier molecular flexibility index (Phi) is 8.81. The molecule has 3 aromatic rings. The second-order valence-corrected chi connectivity index (χ2v) is 10.5. The van der Waals surface area contributed by atoms with Crippen LogP contribution in [-0.4, -0.2) is 52.8 Å². The molecule has 1 aliphatic rings. The maximum absolute atomic E-state index is 13.1. The lowest BCUT2D eigenvalue weighted by Gasteiger charge is -2.37. The zero-order valence-electron chi connectivity index (χ0n) is 19.9. The third-order valence-corrected chi connectivity index (χ3v) is 7.80. The summed E-state index contributed by atoms with van der Waals surface area (Å²) in [5, 5.41) is 21.5. The van der Waals surface area contributed by atoms with Gasteiger partial charge in [-0.3, -0.25) is 14.7 Å². The van der Waals surface area contributed by atoms with Gasteiger partial charge in [-0.05, 0) is 68.0 Å². The van der Waals surface area contributed by atoms with Gasteiger partial charge in [-0.25, -0.2) is 0 Å². The highest BCUT2D eigenvalue weighted by molar-refractivity contribution is 7.10. The Morgan fingerprint density at radius 1 is 1.36 bits per heavy atom. The molecule has 0 aliphatic carbocycles. The Balaban J connectivity index is 1.42. The Morgan fingerprint density at radius 2 is 2.19 bits per heavy atom. The molecule has 1 aliphatic heterocycles. The number of thiophene rings is 1. The summed E-state index contributed by atoms with van der Waals surface area (Å²) in [5.41, 5.74) is 1.34. The average Bonchev–Trinajstić information content (AvgIpc) is 3.27. The second-order valence-electron chi connectivity index (χ2n) is 9.04. The highest BCUT2D eigenvalue weighted by atomic mass is 35.5. The van der Waals surface area contributed by atoms with Crippen LogP contribution in [0.3, 0.4) is 0 Å². The van der Waals surface area contributed by atoms with E-state index in [1.54, 1.807) is 19.4 Å². The van der Waals surface area contributed by atoms with Crippen molar-refractivity contribution in [1.29, 1.82) is 0 Å². The van der Waals surface area contributed by atoms with Crippen LogP contribution < -0.4 is 4.74 Å². The van der Waals surface area contributed by atoms with Crippen LogP contribution in [0.5, 0.6) is 5.75 Å². The Morgan fingerprint density at radius 3 is 2.92 bits per heavy atom. The molecule has 3 heterocycles. The molecule has 2 unspecified atom stereocenters. The first-order valence-electron chi connectivity index (χ1n) is 11.8. The number of benzene rings is 1. The van der Waals surface area contributed by atoms with Gasteiger partial charge in [0, 0.05) is 30.1 Å². The minimum Gasteiger partial charge on any atom is -0.497 e. The first-order chi connectivity index (χ1) is 17.3. The lowest BCUT2D eigenvalue weighted by atomic mass is 9.79. The number of aliphatic hydroxyl groups is 1. The summed E-state index contributed by atoms with van der Waals surface area (Å²) < 4.78 is 18.5. The molecule has 0 bridgehead atoms. The number of hydrogen-bond donors (Lipinski definition) is 2. The first kappa shape index (κ1) is 26.4. The van der Waals surface area contributed by atoms with Crippen LogP contribution in [-0.2, 0) is 4.79 Å². The molecule has 0 saturated carbocycles. The number of likely N-dealkylation sites (tertiary alicyclic amines) is 1. The van der Waals surface area contributed by atoms with Crippen molar-refractivity contribution in [3.63, 3.8) is 0 Å². The standard InChI is InChI=1S/C27H28ClFN2O4S/c1-35-19-5-7-23-21(14-19)27(22(28)15-30-23)24(32)8-4-17-10-12-31(16-18(17)13-26(33)34)11-2-3-20-6-9-25(29)36-20/h5-7,9,14-15,17-18,24,32H,4,8,10-13,16H2,1H3,(H,33,34)/t17?,18?,24-/m1/s1. The van der Waals surface area contributed by atoms with Gasteiger partial charge >= 0.3 is 5.97 Å². The number of pyridine rings is 1. The predicted molar refractivity (Wildman–Crippen MR) is 139 cm³/mol. The van der Waals surface area contributed by atoms with Gasteiger partial charge in [-0.1, -0.05) is 34.8 Å². The quantitative estimate of drug-likeness (QED) is 0.381. The number of nitrogens with zero attached hydrogens (tertiary/aromatic N) is 2. The van der Waals surface area contributed by atoms with Crippen molar-refractivity contribution in [3.8, 4) is 17.6 Å². The number of ether oxygens (including phenoxy) is 1. The first-order valence-corrected chi connectivity index (χ1v) is 13.0. The molecule has 9 heteroatoms. The molecule has 1 aromatic carbocycles. The second kappa shape index (κ2) is 12.0. The third-order valence-electron chi connectivity index (χ3n) is 6.71.